The lowest BCUT2D eigenvalue weighted by Crippen LogP contribution is -2.04. The van der Waals surface area contributed by atoms with E-state index in [0.717, 1.165) is 17.1 Å². The van der Waals surface area contributed by atoms with Crippen LogP contribution in [0.4, 0.5) is 11.4 Å². The van der Waals surface area contributed by atoms with E-state index in [0.29, 0.717) is 5.69 Å². The number of carboxylic acid groups (broad SMARTS) is 1. The molecule has 1 aromatic carbocycles. The molecule has 0 bridgehead atoms. The van der Waals surface area contributed by atoms with Gasteiger partial charge in [-0.25, -0.2) is 9.48 Å². The lowest BCUT2D eigenvalue weighted by Gasteiger charge is -2.09. The smallest absolute Gasteiger partial charge is 0.337 e. The highest BCUT2D eigenvalue weighted by atomic mass is 16.4. The third-order valence-corrected chi connectivity index (χ3v) is 3.33. The number of benzene rings is 1. The Kier molecular flexibility index (Phi) is 3.57. The molecule has 0 aliphatic heterocycles. The molecule has 22 heavy (non-hydrogen) atoms. The number of hydrogen-bond donors (Lipinski definition) is 2. The molecular formula is C16H14N4O2. The van der Waals surface area contributed by atoms with Crippen molar-refractivity contribution in [1.82, 2.24) is 14.8 Å². The molecule has 3 aromatic rings. The Balaban J connectivity index is 1.95. The van der Waals surface area contributed by atoms with Gasteiger partial charge in [-0.3, -0.25) is 4.98 Å². The van der Waals surface area contributed by atoms with Crippen molar-refractivity contribution in [2.24, 2.45) is 0 Å². The zero-order chi connectivity index (χ0) is 15.5. The predicted molar refractivity (Wildman–Crippen MR) is 82.8 cm³/mol. The lowest BCUT2D eigenvalue weighted by atomic mass is 10.2. The van der Waals surface area contributed by atoms with Gasteiger partial charge in [0.2, 0.25) is 0 Å². The number of para-hydroxylation sites is 1. The van der Waals surface area contributed by atoms with Crippen LogP contribution in [0.1, 0.15) is 16.1 Å². The van der Waals surface area contributed by atoms with Crippen LogP contribution >= 0.6 is 0 Å². The minimum absolute atomic E-state index is 0.168. The molecule has 2 aromatic heterocycles. The molecule has 0 saturated carbocycles. The molecule has 3 rings (SSSR count). The molecule has 6 nitrogen and oxygen atoms in total. The fourth-order valence-electron chi connectivity index (χ4n) is 2.19. The van der Waals surface area contributed by atoms with Gasteiger partial charge >= 0.3 is 5.97 Å². The van der Waals surface area contributed by atoms with Crippen LogP contribution in [-0.4, -0.2) is 25.8 Å². The Morgan fingerprint density at radius 2 is 1.91 bits per heavy atom. The zero-order valence-corrected chi connectivity index (χ0v) is 11.9. The first-order chi connectivity index (χ1) is 10.7. The van der Waals surface area contributed by atoms with Gasteiger partial charge in [0.25, 0.3) is 0 Å². The number of nitrogens with one attached hydrogen (secondary N) is 1. The van der Waals surface area contributed by atoms with Gasteiger partial charge in [0.05, 0.1) is 40.7 Å². The van der Waals surface area contributed by atoms with Crippen LogP contribution in [0.15, 0.2) is 55.0 Å². The summed E-state index contributed by atoms with van der Waals surface area (Å²) in [5, 5.41) is 16.6. The van der Waals surface area contributed by atoms with Gasteiger partial charge in [0.1, 0.15) is 0 Å². The van der Waals surface area contributed by atoms with E-state index in [1.54, 1.807) is 10.9 Å². The largest absolute Gasteiger partial charge is 0.478 e. The number of carbonyl (C=O) groups is 1. The van der Waals surface area contributed by atoms with Gasteiger partial charge < -0.3 is 10.4 Å². The number of aromatic nitrogens is 3. The average molecular weight is 294 g/mol. The first kappa shape index (κ1) is 13.8. The number of nitrogens with zero attached hydrogens (tertiary/aromatic N) is 3. The van der Waals surface area contributed by atoms with Crippen LogP contribution in [0, 0.1) is 6.92 Å². The van der Waals surface area contributed by atoms with Crippen molar-refractivity contribution in [3.63, 3.8) is 0 Å². The summed E-state index contributed by atoms with van der Waals surface area (Å²) in [4.78, 5) is 15.2. The summed E-state index contributed by atoms with van der Waals surface area (Å²) in [6.07, 6.45) is 4.61. The van der Waals surface area contributed by atoms with Crippen molar-refractivity contribution in [1.29, 1.82) is 0 Å². The van der Waals surface area contributed by atoms with Crippen LogP contribution in [0.5, 0.6) is 0 Å². The van der Waals surface area contributed by atoms with Crippen molar-refractivity contribution >= 4 is 17.3 Å². The van der Waals surface area contributed by atoms with Crippen molar-refractivity contribution in [3.05, 3.63) is 66.2 Å². The fraction of sp³-hybridized carbons (Fsp3) is 0.0625. The summed E-state index contributed by atoms with van der Waals surface area (Å²) >= 11 is 0. The summed E-state index contributed by atoms with van der Waals surface area (Å²) in [6, 6.07) is 11.2. The molecule has 0 aliphatic carbocycles. The van der Waals surface area contributed by atoms with E-state index in [4.69, 9.17) is 0 Å². The van der Waals surface area contributed by atoms with Crippen molar-refractivity contribution in [2.45, 2.75) is 6.92 Å². The summed E-state index contributed by atoms with van der Waals surface area (Å²) < 4.78 is 1.79. The van der Waals surface area contributed by atoms with Crippen LogP contribution in [0.3, 0.4) is 0 Å². The molecule has 0 amide bonds. The first-order valence-corrected chi connectivity index (χ1v) is 6.71. The number of rotatable bonds is 4. The Bertz CT molecular complexity index is 812. The molecule has 0 aliphatic rings. The Morgan fingerprint density at radius 1 is 1.14 bits per heavy atom. The van der Waals surface area contributed by atoms with E-state index in [2.05, 4.69) is 15.4 Å². The van der Waals surface area contributed by atoms with Crippen LogP contribution in [0.2, 0.25) is 0 Å². The van der Waals surface area contributed by atoms with E-state index in [9.17, 15) is 9.90 Å². The second-order valence-electron chi connectivity index (χ2n) is 4.74. The average Bonchev–Trinajstić information content (AvgIpc) is 2.89. The fourth-order valence-corrected chi connectivity index (χ4v) is 2.19. The molecular weight excluding hydrogens is 280 g/mol. The second kappa shape index (κ2) is 5.69. The number of carboxylic acids is 1. The molecule has 0 fully saturated rings. The molecule has 2 N–H and O–H groups in total. The zero-order valence-electron chi connectivity index (χ0n) is 11.9. The summed E-state index contributed by atoms with van der Waals surface area (Å²) in [5.74, 6) is -1.00. The van der Waals surface area contributed by atoms with Gasteiger partial charge in [-0.05, 0) is 25.1 Å². The highest BCUT2D eigenvalue weighted by Crippen LogP contribution is 2.24. The predicted octanol–water partition coefficient (Wildman–Crippen LogP) is 3.02. The maximum absolute atomic E-state index is 11.2. The third kappa shape index (κ3) is 2.54. The summed E-state index contributed by atoms with van der Waals surface area (Å²) in [7, 11) is 0. The van der Waals surface area contributed by atoms with Crippen LogP contribution in [-0.2, 0) is 0 Å². The van der Waals surface area contributed by atoms with Crippen LogP contribution in [0.25, 0.3) is 5.69 Å². The second-order valence-corrected chi connectivity index (χ2v) is 4.74. The molecule has 6 heteroatoms. The number of aromatic carboxylic acids is 1. The van der Waals surface area contributed by atoms with E-state index in [-0.39, 0.29) is 5.56 Å². The lowest BCUT2D eigenvalue weighted by molar-refractivity contribution is 0.0698. The minimum Gasteiger partial charge on any atom is -0.478 e. The number of hydrogen-bond acceptors (Lipinski definition) is 4. The first-order valence-electron chi connectivity index (χ1n) is 6.71. The standard InChI is InChI=1S/C16H14N4O2/c1-11-14(10-18-20(11)12-5-3-2-4-6-12)19-15-9-17-8-7-13(15)16(21)22/h2-10,19H,1H3,(H,21,22). The molecule has 0 unspecified atom stereocenters. The van der Waals surface area contributed by atoms with Gasteiger partial charge in [-0.15, -0.1) is 0 Å². The van der Waals surface area contributed by atoms with Gasteiger partial charge in [-0.1, -0.05) is 18.2 Å². The third-order valence-electron chi connectivity index (χ3n) is 3.33. The Morgan fingerprint density at radius 3 is 2.64 bits per heavy atom. The van der Waals surface area contributed by atoms with E-state index >= 15 is 0 Å². The van der Waals surface area contributed by atoms with Crippen LogP contribution < -0.4 is 5.32 Å². The summed E-state index contributed by atoms with van der Waals surface area (Å²) in [5.41, 5.74) is 3.16. The molecule has 2 heterocycles. The van der Waals surface area contributed by atoms with Gasteiger partial charge in [0, 0.05) is 6.20 Å². The monoisotopic (exact) mass is 294 g/mol. The van der Waals surface area contributed by atoms with E-state index in [1.807, 2.05) is 37.3 Å². The Labute approximate surface area is 127 Å². The summed E-state index contributed by atoms with van der Waals surface area (Å²) in [6.45, 7) is 1.92. The van der Waals surface area contributed by atoms with Crippen molar-refractivity contribution in [3.8, 4) is 5.69 Å². The van der Waals surface area contributed by atoms with Crippen molar-refractivity contribution in [2.75, 3.05) is 5.32 Å². The minimum atomic E-state index is -1.00. The topological polar surface area (TPSA) is 80.0 Å². The maximum Gasteiger partial charge on any atom is 0.337 e. The van der Waals surface area contributed by atoms with Gasteiger partial charge in [0.15, 0.2) is 0 Å². The van der Waals surface area contributed by atoms with Crippen molar-refractivity contribution < 1.29 is 9.90 Å². The quantitative estimate of drug-likeness (QED) is 0.773. The highest BCUT2D eigenvalue weighted by Gasteiger charge is 2.13. The highest BCUT2D eigenvalue weighted by molar-refractivity contribution is 5.94. The van der Waals surface area contributed by atoms with E-state index < -0.39 is 5.97 Å². The molecule has 0 atom stereocenters. The Hall–Kier alpha value is -3.15. The normalized spacial score (nSPS) is 10.4. The van der Waals surface area contributed by atoms with Gasteiger partial charge in [-0.2, -0.15) is 5.10 Å². The molecule has 0 radical (unpaired) electrons. The molecule has 0 spiro atoms. The number of anilines is 2. The molecule has 0 saturated heterocycles. The number of pyridine rings is 1. The van der Waals surface area contributed by atoms with E-state index in [1.165, 1.54) is 18.5 Å². The maximum atomic E-state index is 11.2. The SMILES string of the molecule is Cc1c(Nc2cnccc2C(=O)O)cnn1-c1ccccc1. The molecule has 110 valence electrons.